The molecule has 2 unspecified atom stereocenters. The number of alkyl carbamates (subject to hydrolysis) is 1. The van der Waals surface area contributed by atoms with Crippen molar-refractivity contribution in [2.75, 3.05) is 31.6 Å². The van der Waals surface area contributed by atoms with Gasteiger partial charge in [0.2, 0.25) is 0 Å². The van der Waals surface area contributed by atoms with E-state index in [-0.39, 0.29) is 30.0 Å². The number of nitrogens with one attached hydrogen (secondary N) is 1. The molecule has 242 valence electrons. The number of aryl methyl sites for hydroxylation is 1. The summed E-state index contributed by atoms with van der Waals surface area (Å²) in [6.45, 7) is 10.9. The Bertz CT molecular complexity index is 1840. The van der Waals surface area contributed by atoms with Crippen LogP contribution in [0.4, 0.5) is 10.6 Å². The molecule has 2 saturated heterocycles. The second-order valence-corrected chi connectivity index (χ2v) is 14.7. The van der Waals surface area contributed by atoms with E-state index in [2.05, 4.69) is 39.9 Å². The van der Waals surface area contributed by atoms with Crippen molar-refractivity contribution in [3.63, 3.8) is 0 Å². The number of benzene rings is 1. The van der Waals surface area contributed by atoms with Gasteiger partial charge >= 0.3 is 6.09 Å². The number of fused-ring (bicyclic) bond motifs is 4. The highest BCUT2D eigenvalue weighted by Gasteiger charge is 2.50. The SMILES string of the molecule is COC1CN(c2ccc3cc(-c4oc5cc(C(=O)N6CC7CCC6[C@@H]7NC(=O)OC(C)(C)C)ccc5c4C)n(CC4CC4)c3n2)C1. The van der Waals surface area contributed by atoms with Crippen LogP contribution in [0.3, 0.4) is 0 Å². The van der Waals surface area contributed by atoms with E-state index in [1.165, 1.54) is 12.8 Å². The second-order valence-electron chi connectivity index (χ2n) is 14.7. The van der Waals surface area contributed by atoms with Crippen LogP contribution < -0.4 is 10.2 Å². The van der Waals surface area contributed by atoms with Gasteiger partial charge in [0.05, 0.1) is 23.9 Å². The van der Waals surface area contributed by atoms with Gasteiger partial charge in [-0.25, -0.2) is 9.78 Å². The van der Waals surface area contributed by atoms with Crippen molar-refractivity contribution in [1.29, 1.82) is 0 Å². The molecule has 1 aromatic carbocycles. The topological polar surface area (TPSA) is 102 Å². The van der Waals surface area contributed by atoms with E-state index in [1.807, 2.05) is 43.9 Å². The number of amides is 2. The Morgan fingerprint density at radius 1 is 1.04 bits per heavy atom. The monoisotopic (exact) mass is 625 g/mol. The Kier molecular flexibility index (Phi) is 6.86. The normalized spacial score (nSPS) is 23.0. The fourth-order valence-electron chi connectivity index (χ4n) is 7.66. The maximum atomic E-state index is 13.9. The number of hydrogen-bond acceptors (Lipinski definition) is 7. The molecule has 8 rings (SSSR count). The molecule has 10 heteroatoms. The number of pyridine rings is 1. The molecule has 0 radical (unpaired) electrons. The fraction of sp³-hybridized carbons (Fsp3) is 0.528. The van der Waals surface area contributed by atoms with Gasteiger partial charge in [-0.05, 0) is 95.5 Å². The minimum absolute atomic E-state index is 0.0259. The zero-order valence-corrected chi connectivity index (χ0v) is 27.3. The third-order valence-electron chi connectivity index (χ3n) is 10.3. The first-order valence-corrected chi connectivity index (χ1v) is 16.7. The maximum absolute atomic E-state index is 13.9. The molecule has 10 nitrogen and oxygen atoms in total. The quantitative estimate of drug-likeness (QED) is 0.264. The number of methoxy groups -OCH3 is 1. The molecule has 46 heavy (non-hydrogen) atoms. The van der Waals surface area contributed by atoms with Crippen molar-refractivity contribution in [3.8, 4) is 11.5 Å². The van der Waals surface area contributed by atoms with Crippen LogP contribution in [0.2, 0.25) is 0 Å². The summed E-state index contributed by atoms with van der Waals surface area (Å²) in [6.07, 6.45) is 4.17. The highest BCUT2D eigenvalue weighted by molar-refractivity contribution is 6.00. The van der Waals surface area contributed by atoms with Gasteiger partial charge in [-0.3, -0.25) is 4.79 Å². The van der Waals surface area contributed by atoms with Crippen LogP contribution in [0.15, 0.2) is 40.8 Å². The Balaban J connectivity index is 1.08. The zero-order valence-electron chi connectivity index (χ0n) is 27.3. The van der Waals surface area contributed by atoms with Crippen LogP contribution in [0, 0.1) is 18.8 Å². The van der Waals surface area contributed by atoms with Crippen molar-refractivity contribution >= 4 is 39.8 Å². The molecule has 4 aromatic rings. The molecule has 3 atom stereocenters. The van der Waals surface area contributed by atoms with Crippen molar-refractivity contribution in [3.05, 3.63) is 47.5 Å². The number of ether oxygens (including phenoxy) is 2. The van der Waals surface area contributed by atoms with Crippen molar-refractivity contribution in [2.45, 2.75) is 83.7 Å². The van der Waals surface area contributed by atoms with E-state index in [9.17, 15) is 9.59 Å². The number of carbonyl (C=O) groups excluding carboxylic acids is 2. The smallest absolute Gasteiger partial charge is 0.407 e. The van der Waals surface area contributed by atoms with E-state index < -0.39 is 11.7 Å². The zero-order chi connectivity index (χ0) is 31.9. The molecule has 2 amide bonds. The van der Waals surface area contributed by atoms with Crippen LogP contribution in [-0.4, -0.2) is 77.0 Å². The minimum atomic E-state index is -0.569. The first kappa shape index (κ1) is 29.4. The Labute approximate surface area is 269 Å². The Hall–Kier alpha value is -4.05. The van der Waals surface area contributed by atoms with Crippen molar-refractivity contribution < 1.29 is 23.5 Å². The average molecular weight is 626 g/mol. The van der Waals surface area contributed by atoms with Gasteiger partial charge in [0.25, 0.3) is 5.91 Å². The van der Waals surface area contributed by atoms with E-state index in [0.717, 1.165) is 71.7 Å². The third kappa shape index (κ3) is 5.11. The van der Waals surface area contributed by atoms with Crippen LogP contribution in [0.5, 0.6) is 0 Å². The highest BCUT2D eigenvalue weighted by Crippen LogP contribution is 2.42. The molecule has 3 aromatic heterocycles. The molecular formula is C36H43N5O5. The van der Waals surface area contributed by atoms with E-state index >= 15 is 0 Å². The molecule has 5 heterocycles. The van der Waals surface area contributed by atoms with Gasteiger partial charge in [0.1, 0.15) is 22.6 Å². The summed E-state index contributed by atoms with van der Waals surface area (Å²) in [5, 5.41) is 5.15. The van der Waals surface area contributed by atoms with Crippen LogP contribution >= 0.6 is 0 Å². The van der Waals surface area contributed by atoms with E-state index in [4.69, 9.17) is 18.9 Å². The molecule has 2 bridgehead atoms. The summed E-state index contributed by atoms with van der Waals surface area (Å²) in [6, 6.07) is 12.1. The van der Waals surface area contributed by atoms with Gasteiger partial charge in [0, 0.05) is 55.2 Å². The lowest BCUT2D eigenvalue weighted by molar-refractivity contribution is 0.0485. The van der Waals surface area contributed by atoms with Gasteiger partial charge in [0.15, 0.2) is 5.76 Å². The molecule has 4 fully saturated rings. The van der Waals surface area contributed by atoms with Gasteiger partial charge in [-0.2, -0.15) is 0 Å². The number of anilines is 1. The van der Waals surface area contributed by atoms with E-state index in [1.54, 1.807) is 7.11 Å². The standard InChI is InChI=1S/C36H43N5O5/c1-20-26-11-8-23(34(42)41-17-24-9-12-27(41)31(24)38-35(43)46-36(2,3)4)15-29(26)45-32(20)28-14-22-10-13-30(39-18-25(19-39)44-5)37-33(22)40(28)16-21-6-7-21/h8,10-11,13-15,21,24-25,27,31H,6-7,9,12,16-19H2,1-5H3,(H,38,43)/t24?,27?,31-/m1/s1. The number of aromatic nitrogens is 2. The van der Waals surface area contributed by atoms with Gasteiger partial charge < -0.3 is 33.6 Å². The van der Waals surface area contributed by atoms with Gasteiger partial charge in [-0.15, -0.1) is 0 Å². The number of furan rings is 1. The number of nitrogens with zero attached hydrogens (tertiary/aromatic N) is 4. The summed E-state index contributed by atoms with van der Waals surface area (Å²) >= 11 is 0. The first-order chi connectivity index (χ1) is 22.1. The average Bonchev–Trinajstić information content (AvgIpc) is 3.35. The summed E-state index contributed by atoms with van der Waals surface area (Å²) in [5.74, 6) is 2.66. The lowest BCUT2D eigenvalue weighted by atomic mass is 10.1. The number of piperidine rings is 1. The summed E-state index contributed by atoms with van der Waals surface area (Å²) in [7, 11) is 1.76. The Morgan fingerprint density at radius 2 is 1.85 bits per heavy atom. The number of likely N-dealkylation sites (tertiary alicyclic amines) is 1. The lowest BCUT2D eigenvalue weighted by Gasteiger charge is -2.39. The highest BCUT2D eigenvalue weighted by atomic mass is 16.6. The molecule has 1 N–H and O–H groups in total. The largest absolute Gasteiger partial charge is 0.454 e. The van der Waals surface area contributed by atoms with E-state index in [0.29, 0.717) is 23.6 Å². The third-order valence-corrected chi connectivity index (χ3v) is 10.3. The second kappa shape index (κ2) is 10.8. The molecular weight excluding hydrogens is 582 g/mol. The predicted molar refractivity (Wildman–Crippen MR) is 176 cm³/mol. The van der Waals surface area contributed by atoms with Crippen molar-refractivity contribution in [2.24, 2.45) is 11.8 Å². The predicted octanol–water partition coefficient (Wildman–Crippen LogP) is 6.13. The molecule has 4 aliphatic rings. The maximum Gasteiger partial charge on any atom is 0.407 e. The first-order valence-electron chi connectivity index (χ1n) is 16.7. The van der Waals surface area contributed by atoms with Crippen LogP contribution in [0.1, 0.15) is 62.4 Å². The summed E-state index contributed by atoms with van der Waals surface area (Å²) in [5.41, 5.74) is 3.80. The molecule has 2 saturated carbocycles. The number of carbonyl (C=O) groups is 2. The number of hydrogen-bond donors (Lipinski definition) is 1. The Morgan fingerprint density at radius 3 is 2.59 bits per heavy atom. The van der Waals surface area contributed by atoms with Crippen LogP contribution in [-0.2, 0) is 16.0 Å². The summed E-state index contributed by atoms with van der Waals surface area (Å²) in [4.78, 5) is 35.7. The van der Waals surface area contributed by atoms with Gasteiger partial charge in [-0.1, -0.05) is 6.07 Å². The summed E-state index contributed by atoms with van der Waals surface area (Å²) < 4.78 is 19.9. The van der Waals surface area contributed by atoms with Crippen molar-refractivity contribution in [1.82, 2.24) is 19.8 Å². The molecule has 0 spiro atoms. The lowest BCUT2D eigenvalue weighted by Crippen LogP contribution is -2.52. The number of rotatable bonds is 7. The van der Waals surface area contributed by atoms with Crippen LogP contribution in [0.25, 0.3) is 33.5 Å². The minimum Gasteiger partial charge on any atom is -0.454 e. The molecule has 2 aliphatic heterocycles. The molecule has 2 aliphatic carbocycles. The fourth-order valence-corrected chi connectivity index (χ4v) is 7.66.